The van der Waals surface area contributed by atoms with Gasteiger partial charge in [0.2, 0.25) is 0 Å². The minimum atomic E-state index is -1.40. The minimum Gasteiger partial charge on any atom is -0.480 e. The number of aryl methyl sites for hydroxylation is 2. The highest BCUT2D eigenvalue weighted by molar-refractivity contribution is 6.41. The van der Waals surface area contributed by atoms with E-state index < -0.39 is 23.9 Å². The molecular weight excluding hydrogens is 551 g/mol. The van der Waals surface area contributed by atoms with E-state index in [4.69, 9.17) is 23.2 Å². The molecule has 40 heavy (non-hydrogen) atoms. The summed E-state index contributed by atoms with van der Waals surface area (Å²) in [5.41, 5.74) is 5.35. The Morgan fingerprint density at radius 3 is 2.38 bits per heavy atom. The number of hydrogen-bond donors (Lipinski definition) is 5. The van der Waals surface area contributed by atoms with E-state index in [1.807, 2.05) is 36.4 Å². The maximum Gasteiger partial charge on any atom is 0.328 e. The second-order valence-electron chi connectivity index (χ2n) is 10.1. The summed E-state index contributed by atoms with van der Waals surface area (Å²) >= 11 is 13.0. The number of hydrogen-bond acceptors (Lipinski definition) is 4. The maximum atomic E-state index is 13.2. The Balaban J connectivity index is 1.21. The van der Waals surface area contributed by atoms with Crippen LogP contribution in [0, 0.1) is 0 Å². The number of benzene rings is 3. The molecule has 3 amide bonds. The van der Waals surface area contributed by atoms with Gasteiger partial charge in [0, 0.05) is 6.04 Å². The molecule has 0 radical (unpaired) electrons. The number of halogens is 2. The van der Waals surface area contributed by atoms with Crippen molar-refractivity contribution in [3.63, 3.8) is 0 Å². The number of carboxylic acid groups (broad SMARTS) is 1. The lowest BCUT2D eigenvalue weighted by atomic mass is 9.88. The molecule has 1 unspecified atom stereocenters. The van der Waals surface area contributed by atoms with Crippen molar-refractivity contribution in [3.8, 4) is 0 Å². The summed E-state index contributed by atoms with van der Waals surface area (Å²) in [6, 6.07) is 17.5. The van der Waals surface area contributed by atoms with Gasteiger partial charge in [0.25, 0.3) is 5.91 Å². The average Bonchev–Trinajstić information content (AvgIpc) is 3.35. The third-order valence-corrected chi connectivity index (χ3v) is 8.24. The number of urea groups is 1. The van der Waals surface area contributed by atoms with Gasteiger partial charge in [-0.15, -0.1) is 0 Å². The van der Waals surface area contributed by atoms with Crippen LogP contribution < -0.4 is 21.3 Å². The number of rotatable bonds is 8. The highest BCUT2D eigenvalue weighted by atomic mass is 35.5. The number of carbonyl (C=O) groups excluding carboxylic acids is 2. The number of amides is 3. The molecule has 0 aliphatic heterocycles. The van der Waals surface area contributed by atoms with Crippen molar-refractivity contribution in [1.82, 2.24) is 16.0 Å². The Bertz CT molecular complexity index is 1450. The SMILES string of the molecule is O=C(NC[C@H](NC(=O)c1c(Cl)ccc(NC2CCc3ccccc3C2)c1Cl)C(=O)O)N[C@@H]1CCc2ccccc21. The highest BCUT2D eigenvalue weighted by Crippen LogP contribution is 2.34. The van der Waals surface area contributed by atoms with Gasteiger partial charge in [0.1, 0.15) is 6.04 Å². The van der Waals surface area contributed by atoms with Crippen LogP contribution in [0.25, 0.3) is 0 Å². The molecule has 0 bridgehead atoms. The van der Waals surface area contributed by atoms with E-state index in [9.17, 15) is 19.5 Å². The van der Waals surface area contributed by atoms with Crippen LogP contribution in [-0.2, 0) is 24.1 Å². The minimum absolute atomic E-state index is 0.0252. The average molecular weight is 582 g/mol. The van der Waals surface area contributed by atoms with Crippen LogP contribution in [0.5, 0.6) is 0 Å². The number of nitrogens with one attached hydrogen (secondary N) is 4. The lowest BCUT2D eigenvalue weighted by molar-refractivity contribution is -0.139. The van der Waals surface area contributed by atoms with E-state index in [1.54, 1.807) is 12.1 Å². The summed E-state index contributed by atoms with van der Waals surface area (Å²) in [5, 5.41) is 21.2. The summed E-state index contributed by atoms with van der Waals surface area (Å²) < 4.78 is 0. The fourth-order valence-electron chi connectivity index (χ4n) is 5.45. The van der Waals surface area contributed by atoms with E-state index in [-0.39, 0.29) is 34.2 Å². The molecule has 8 nitrogen and oxygen atoms in total. The number of aliphatic carboxylic acids is 1. The van der Waals surface area contributed by atoms with E-state index in [0.717, 1.165) is 37.7 Å². The van der Waals surface area contributed by atoms with Crippen molar-refractivity contribution in [2.45, 2.75) is 50.2 Å². The van der Waals surface area contributed by atoms with Gasteiger partial charge in [0.05, 0.1) is 33.9 Å². The lowest BCUT2D eigenvalue weighted by Crippen LogP contribution is -2.50. The predicted molar refractivity (Wildman–Crippen MR) is 155 cm³/mol. The van der Waals surface area contributed by atoms with Gasteiger partial charge in [-0.25, -0.2) is 9.59 Å². The fraction of sp³-hybridized carbons (Fsp3) is 0.300. The second kappa shape index (κ2) is 12.2. The molecular formula is C30H30Cl2N4O4. The third kappa shape index (κ3) is 6.18. The van der Waals surface area contributed by atoms with Crippen molar-refractivity contribution in [2.24, 2.45) is 0 Å². The molecule has 2 aliphatic carbocycles. The van der Waals surface area contributed by atoms with Gasteiger partial charge in [-0.2, -0.15) is 0 Å². The Labute approximate surface area is 242 Å². The number of carbonyl (C=O) groups is 3. The Kier molecular flexibility index (Phi) is 8.47. The number of carboxylic acids is 1. The first kappa shape index (κ1) is 27.8. The summed E-state index contributed by atoms with van der Waals surface area (Å²) in [5.74, 6) is -2.05. The summed E-state index contributed by atoms with van der Waals surface area (Å²) in [6.07, 6.45) is 4.27. The smallest absolute Gasteiger partial charge is 0.328 e. The largest absolute Gasteiger partial charge is 0.480 e. The molecule has 2 aliphatic rings. The van der Waals surface area contributed by atoms with Crippen molar-refractivity contribution in [2.75, 3.05) is 11.9 Å². The Morgan fingerprint density at radius 2 is 1.60 bits per heavy atom. The first-order chi connectivity index (χ1) is 19.3. The molecule has 0 heterocycles. The monoisotopic (exact) mass is 580 g/mol. The Morgan fingerprint density at radius 1 is 0.900 bits per heavy atom. The lowest BCUT2D eigenvalue weighted by Gasteiger charge is -2.27. The van der Waals surface area contributed by atoms with Gasteiger partial charge in [-0.05, 0) is 66.5 Å². The van der Waals surface area contributed by atoms with Gasteiger partial charge in [-0.3, -0.25) is 4.79 Å². The fourth-order valence-corrected chi connectivity index (χ4v) is 6.05. The summed E-state index contributed by atoms with van der Waals surface area (Å²) in [4.78, 5) is 37.6. The molecule has 0 fully saturated rings. The molecule has 10 heteroatoms. The molecule has 0 saturated carbocycles. The molecule has 0 saturated heterocycles. The second-order valence-corrected chi connectivity index (χ2v) is 10.9. The van der Waals surface area contributed by atoms with Gasteiger partial charge in [-0.1, -0.05) is 71.7 Å². The molecule has 5 rings (SSSR count). The molecule has 0 spiro atoms. The summed E-state index contributed by atoms with van der Waals surface area (Å²) in [6.45, 7) is -0.323. The zero-order valence-electron chi connectivity index (χ0n) is 21.7. The third-order valence-electron chi connectivity index (χ3n) is 7.53. The van der Waals surface area contributed by atoms with E-state index >= 15 is 0 Å². The van der Waals surface area contributed by atoms with Crippen LogP contribution in [0.2, 0.25) is 10.0 Å². The van der Waals surface area contributed by atoms with Crippen LogP contribution >= 0.6 is 23.2 Å². The van der Waals surface area contributed by atoms with E-state index in [1.165, 1.54) is 16.7 Å². The molecule has 0 aromatic heterocycles. The van der Waals surface area contributed by atoms with Crippen LogP contribution in [0.15, 0.2) is 60.7 Å². The Hall–Kier alpha value is -3.75. The molecule has 208 valence electrons. The van der Waals surface area contributed by atoms with Crippen LogP contribution in [0.3, 0.4) is 0 Å². The van der Waals surface area contributed by atoms with Crippen LogP contribution in [0.1, 0.15) is 51.5 Å². The van der Waals surface area contributed by atoms with Crippen molar-refractivity contribution in [3.05, 3.63) is 98.5 Å². The van der Waals surface area contributed by atoms with E-state index in [0.29, 0.717) is 5.69 Å². The first-order valence-corrected chi connectivity index (χ1v) is 14.0. The van der Waals surface area contributed by atoms with Gasteiger partial charge < -0.3 is 26.4 Å². The zero-order chi connectivity index (χ0) is 28.2. The van der Waals surface area contributed by atoms with Crippen LogP contribution in [0.4, 0.5) is 10.5 Å². The van der Waals surface area contributed by atoms with Crippen molar-refractivity contribution < 1.29 is 19.5 Å². The van der Waals surface area contributed by atoms with Crippen LogP contribution in [-0.4, -0.2) is 41.6 Å². The quantitative estimate of drug-likeness (QED) is 0.253. The van der Waals surface area contributed by atoms with Crippen molar-refractivity contribution in [1.29, 1.82) is 0 Å². The van der Waals surface area contributed by atoms with Crippen molar-refractivity contribution >= 4 is 46.8 Å². The standard InChI is InChI=1S/C30H30Cl2N4O4/c31-22-12-14-24(34-20-11-9-17-5-1-2-7-19(17)15-20)27(32)26(22)28(37)35-25(29(38)39)16-33-30(40)36-23-13-10-18-6-3-4-8-21(18)23/h1-8,12,14,20,23,25,34H,9-11,13,15-16H2,(H,35,37)(H,38,39)(H2,33,36,40)/t20?,23-,25+/m1/s1. The van der Waals surface area contributed by atoms with E-state index in [2.05, 4.69) is 33.4 Å². The molecule has 3 aromatic rings. The topological polar surface area (TPSA) is 120 Å². The molecule has 3 atom stereocenters. The maximum absolute atomic E-state index is 13.2. The molecule has 5 N–H and O–H groups in total. The predicted octanol–water partition coefficient (Wildman–Crippen LogP) is 5.13. The number of fused-ring (bicyclic) bond motifs is 2. The first-order valence-electron chi connectivity index (χ1n) is 13.3. The highest BCUT2D eigenvalue weighted by Gasteiger charge is 2.28. The number of anilines is 1. The van der Waals surface area contributed by atoms with Gasteiger partial charge >= 0.3 is 12.0 Å². The normalized spacial score (nSPS) is 18.1. The molecule has 3 aromatic carbocycles. The van der Waals surface area contributed by atoms with Gasteiger partial charge in [0.15, 0.2) is 0 Å². The zero-order valence-corrected chi connectivity index (χ0v) is 23.2. The summed E-state index contributed by atoms with van der Waals surface area (Å²) in [7, 11) is 0.